The Bertz CT molecular complexity index is 293. The molecular formula is C20H38O4. The molecule has 0 aromatic carbocycles. The summed E-state index contributed by atoms with van der Waals surface area (Å²) in [5, 5.41) is 0. The third-order valence-corrected chi connectivity index (χ3v) is 4.60. The summed E-state index contributed by atoms with van der Waals surface area (Å²) in [5.41, 5.74) is 0. The minimum Gasteiger partial charge on any atom is -0.430 e. The van der Waals surface area contributed by atoms with Crippen LogP contribution in [0.2, 0.25) is 0 Å². The molecule has 142 valence electrons. The third kappa shape index (κ3) is 12.6. The lowest BCUT2D eigenvalue weighted by molar-refractivity contribution is 0.0443. The highest BCUT2D eigenvalue weighted by atomic mass is 16.8. The molecule has 1 heterocycles. The van der Waals surface area contributed by atoms with Crippen LogP contribution in [0.4, 0.5) is 4.79 Å². The molecule has 24 heavy (non-hydrogen) atoms. The lowest BCUT2D eigenvalue weighted by atomic mass is 10.0. The van der Waals surface area contributed by atoms with Gasteiger partial charge in [-0.05, 0) is 6.42 Å². The highest BCUT2D eigenvalue weighted by Crippen LogP contribution is 2.13. The van der Waals surface area contributed by atoms with Gasteiger partial charge in [-0.1, -0.05) is 90.4 Å². The Morgan fingerprint density at radius 2 is 1.33 bits per heavy atom. The molecule has 1 aliphatic rings. The van der Waals surface area contributed by atoms with Gasteiger partial charge < -0.3 is 14.2 Å². The summed E-state index contributed by atoms with van der Waals surface area (Å²) in [6.45, 7) is 3.82. The molecular weight excluding hydrogens is 304 g/mol. The highest BCUT2D eigenvalue weighted by molar-refractivity contribution is 5.61. The van der Waals surface area contributed by atoms with E-state index in [1.807, 2.05) is 0 Å². The fourth-order valence-corrected chi connectivity index (χ4v) is 3.06. The normalized spacial score (nSPS) is 17.0. The summed E-state index contributed by atoms with van der Waals surface area (Å²) >= 11 is 0. The van der Waals surface area contributed by atoms with Crippen molar-refractivity contribution in [2.75, 3.05) is 19.8 Å². The number of carbonyl (C=O) groups is 1. The molecule has 0 N–H and O–H groups in total. The van der Waals surface area contributed by atoms with Crippen molar-refractivity contribution in [1.82, 2.24) is 0 Å². The fraction of sp³-hybridized carbons (Fsp3) is 0.950. The SMILES string of the molecule is CCCCCCCCCCCCCCCCOC[C@@H]1COC(=O)O1. The second-order valence-electron chi connectivity index (χ2n) is 6.97. The molecule has 1 atom stereocenters. The number of unbranched alkanes of at least 4 members (excludes halogenated alkanes) is 13. The minimum atomic E-state index is -0.569. The Hall–Kier alpha value is -0.770. The van der Waals surface area contributed by atoms with E-state index in [0.717, 1.165) is 13.0 Å². The van der Waals surface area contributed by atoms with Crippen LogP contribution in [0.25, 0.3) is 0 Å². The second-order valence-corrected chi connectivity index (χ2v) is 6.97. The van der Waals surface area contributed by atoms with Crippen LogP contribution in [0.15, 0.2) is 0 Å². The molecule has 0 radical (unpaired) electrons. The van der Waals surface area contributed by atoms with E-state index in [9.17, 15) is 4.79 Å². The first-order valence-corrected chi connectivity index (χ1v) is 10.2. The maximum Gasteiger partial charge on any atom is 0.508 e. The van der Waals surface area contributed by atoms with Crippen molar-refractivity contribution in [3.8, 4) is 0 Å². The summed E-state index contributed by atoms with van der Waals surface area (Å²) in [4.78, 5) is 10.7. The van der Waals surface area contributed by atoms with Crippen molar-refractivity contribution in [2.45, 2.75) is 103 Å². The van der Waals surface area contributed by atoms with Crippen LogP contribution in [0.5, 0.6) is 0 Å². The first-order valence-electron chi connectivity index (χ1n) is 10.2. The topological polar surface area (TPSA) is 44.8 Å². The molecule has 0 amide bonds. The Labute approximate surface area is 148 Å². The van der Waals surface area contributed by atoms with Gasteiger partial charge in [0.1, 0.15) is 6.61 Å². The van der Waals surface area contributed by atoms with E-state index in [4.69, 9.17) is 14.2 Å². The van der Waals surface area contributed by atoms with Gasteiger partial charge in [-0.3, -0.25) is 0 Å². The molecule has 0 spiro atoms. The second kappa shape index (κ2) is 15.7. The van der Waals surface area contributed by atoms with Crippen LogP contribution >= 0.6 is 0 Å². The maximum atomic E-state index is 10.7. The van der Waals surface area contributed by atoms with Gasteiger partial charge in [-0.25, -0.2) is 4.79 Å². The van der Waals surface area contributed by atoms with Gasteiger partial charge >= 0.3 is 6.16 Å². The number of ether oxygens (including phenoxy) is 3. The third-order valence-electron chi connectivity index (χ3n) is 4.60. The zero-order valence-corrected chi connectivity index (χ0v) is 15.7. The zero-order chi connectivity index (χ0) is 17.3. The molecule has 0 saturated carbocycles. The van der Waals surface area contributed by atoms with Crippen LogP contribution in [0.3, 0.4) is 0 Å². The van der Waals surface area contributed by atoms with E-state index in [-0.39, 0.29) is 6.10 Å². The van der Waals surface area contributed by atoms with Crippen molar-refractivity contribution >= 4 is 6.16 Å². The molecule has 0 bridgehead atoms. The summed E-state index contributed by atoms with van der Waals surface area (Å²) < 4.78 is 15.1. The van der Waals surface area contributed by atoms with Gasteiger partial charge in [-0.15, -0.1) is 0 Å². The minimum absolute atomic E-state index is 0.204. The quantitative estimate of drug-likeness (QED) is 0.239. The van der Waals surface area contributed by atoms with Crippen LogP contribution in [0, 0.1) is 0 Å². The van der Waals surface area contributed by atoms with Crippen LogP contribution in [0.1, 0.15) is 96.8 Å². The van der Waals surface area contributed by atoms with E-state index in [1.165, 1.54) is 83.5 Å². The Morgan fingerprint density at radius 3 is 1.79 bits per heavy atom. The number of carbonyl (C=O) groups excluding carboxylic acids is 1. The molecule has 4 nitrogen and oxygen atoms in total. The average Bonchev–Trinajstić information content (AvgIpc) is 3.00. The van der Waals surface area contributed by atoms with Gasteiger partial charge in [0.2, 0.25) is 0 Å². The van der Waals surface area contributed by atoms with E-state index >= 15 is 0 Å². The maximum absolute atomic E-state index is 10.7. The van der Waals surface area contributed by atoms with E-state index in [1.54, 1.807) is 0 Å². The van der Waals surface area contributed by atoms with Crippen LogP contribution in [-0.2, 0) is 14.2 Å². The molecule has 0 unspecified atom stereocenters. The van der Waals surface area contributed by atoms with Crippen molar-refractivity contribution in [3.63, 3.8) is 0 Å². The van der Waals surface area contributed by atoms with Gasteiger partial charge in [-0.2, -0.15) is 0 Å². The standard InChI is InChI=1S/C20H38O4/c1-2-3-4-5-6-7-8-9-10-11-12-13-14-15-16-22-17-19-18-23-20(21)24-19/h19H,2-18H2,1H3/t19-/m1/s1. The molecule has 1 aliphatic heterocycles. The van der Waals surface area contributed by atoms with Crippen LogP contribution in [-0.4, -0.2) is 32.1 Å². The van der Waals surface area contributed by atoms with Crippen molar-refractivity contribution in [3.05, 3.63) is 0 Å². The van der Waals surface area contributed by atoms with E-state index < -0.39 is 6.16 Å². The molecule has 0 aliphatic carbocycles. The molecule has 1 rings (SSSR count). The molecule has 1 saturated heterocycles. The molecule has 0 aromatic heterocycles. The largest absolute Gasteiger partial charge is 0.508 e. The Balaban J connectivity index is 1.67. The Kier molecular flexibility index (Phi) is 14.0. The first-order chi connectivity index (χ1) is 11.8. The van der Waals surface area contributed by atoms with Gasteiger partial charge in [0.15, 0.2) is 6.10 Å². The molecule has 0 aromatic rings. The van der Waals surface area contributed by atoms with Crippen LogP contribution < -0.4 is 0 Å². The summed E-state index contributed by atoms with van der Waals surface area (Å²) in [7, 11) is 0. The van der Waals surface area contributed by atoms with Gasteiger partial charge in [0, 0.05) is 6.61 Å². The van der Waals surface area contributed by atoms with Gasteiger partial charge in [0.25, 0.3) is 0 Å². The monoisotopic (exact) mass is 342 g/mol. The van der Waals surface area contributed by atoms with E-state index in [2.05, 4.69) is 6.92 Å². The van der Waals surface area contributed by atoms with Crippen molar-refractivity contribution in [1.29, 1.82) is 0 Å². The lowest BCUT2D eigenvalue weighted by Gasteiger charge is -2.07. The molecule has 4 heteroatoms. The zero-order valence-electron chi connectivity index (χ0n) is 15.7. The first kappa shape index (κ1) is 21.3. The highest BCUT2D eigenvalue weighted by Gasteiger charge is 2.24. The number of hydrogen-bond acceptors (Lipinski definition) is 4. The number of hydrogen-bond donors (Lipinski definition) is 0. The summed E-state index contributed by atoms with van der Waals surface area (Å²) in [6.07, 6.45) is 18.3. The lowest BCUT2D eigenvalue weighted by Crippen LogP contribution is -2.18. The van der Waals surface area contributed by atoms with Gasteiger partial charge in [0.05, 0.1) is 6.61 Å². The van der Waals surface area contributed by atoms with Crippen molar-refractivity contribution < 1.29 is 19.0 Å². The van der Waals surface area contributed by atoms with E-state index in [0.29, 0.717) is 13.2 Å². The fourth-order valence-electron chi connectivity index (χ4n) is 3.06. The summed E-state index contributed by atoms with van der Waals surface area (Å²) in [6, 6.07) is 0. The Morgan fingerprint density at radius 1 is 0.833 bits per heavy atom. The smallest absolute Gasteiger partial charge is 0.430 e. The molecule has 1 fully saturated rings. The number of cyclic esters (lactones) is 2. The predicted octanol–water partition coefficient (Wildman–Crippen LogP) is 6.02. The summed E-state index contributed by atoms with van der Waals surface area (Å²) in [5.74, 6) is 0. The predicted molar refractivity (Wildman–Crippen MR) is 97.4 cm³/mol. The number of rotatable bonds is 17. The average molecular weight is 343 g/mol. The van der Waals surface area contributed by atoms with Crippen molar-refractivity contribution in [2.24, 2.45) is 0 Å².